The second-order valence-corrected chi connectivity index (χ2v) is 26.0. The third-order valence-corrected chi connectivity index (χ3v) is 17.2. The Morgan fingerprint density at radius 1 is 0.517 bits per heavy atom. The summed E-state index contributed by atoms with van der Waals surface area (Å²) in [4.78, 5) is 27.1. The number of aromatic hydroxyl groups is 3. The molecular formula is C44H30N12O27S6. The number of rotatable bonds is 18. The molecule has 0 amide bonds. The second kappa shape index (κ2) is 22.7. The number of aromatic nitrogens is 2. The van der Waals surface area contributed by atoms with Gasteiger partial charge in [0.2, 0.25) is 11.6 Å². The van der Waals surface area contributed by atoms with Crippen LogP contribution in [-0.4, -0.2) is 130 Å². The van der Waals surface area contributed by atoms with Crippen molar-refractivity contribution in [1.29, 1.82) is 0 Å². The fraction of sp³-hybridized carbons (Fsp3) is 0.0227. The summed E-state index contributed by atoms with van der Waals surface area (Å²) in [5.74, 6) is -7.62. The number of azo groups is 4. The molecule has 0 bridgehead atoms. The molecule has 0 aliphatic carbocycles. The van der Waals surface area contributed by atoms with Crippen LogP contribution in [0.25, 0.3) is 27.2 Å². The van der Waals surface area contributed by atoms with Crippen molar-refractivity contribution >= 4 is 151 Å². The zero-order valence-corrected chi connectivity index (χ0v) is 47.9. The van der Waals surface area contributed by atoms with E-state index in [0.29, 0.717) is 60.7 Å². The zero-order valence-electron chi connectivity index (χ0n) is 43.0. The average molecular weight is 1350 g/mol. The van der Waals surface area contributed by atoms with E-state index < -0.39 is 203 Å². The Hall–Kier alpha value is -10.3. The molecule has 1 aromatic heterocycles. The topological polar surface area (TPSA) is 647 Å². The Morgan fingerprint density at radius 3 is 1.61 bits per heavy atom. The van der Waals surface area contributed by atoms with Gasteiger partial charge in [-0.25, -0.2) is 9.59 Å². The van der Waals surface area contributed by atoms with Gasteiger partial charge in [0.1, 0.15) is 52.9 Å². The Kier molecular flexibility index (Phi) is 16.5. The number of carboxylic acid groups (broad SMARTS) is 2. The van der Waals surface area contributed by atoms with E-state index in [2.05, 4.69) is 46.0 Å². The lowest BCUT2D eigenvalue weighted by molar-refractivity contribution is -0.385. The van der Waals surface area contributed by atoms with Gasteiger partial charge in [0.25, 0.3) is 66.4 Å². The number of phenols is 2. The van der Waals surface area contributed by atoms with Crippen LogP contribution < -0.4 is 5.73 Å². The van der Waals surface area contributed by atoms with Gasteiger partial charge in [-0.05, 0) is 90.7 Å². The molecule has 1 heterocycles. The van der Waals surface area contributed by atoms with Crippen LogP contribution >= 0.6 is 0 Å². The summed E-state index contributed by atoms with van der Waals surface area (Å²) in [7, 11) is -32.4. The van der Waals surface area contributed by atoms with E-state index >= 15 is 0 Å². The number of phenolic OH excluding ortho intramolecular Hbond substituents is 2. The van der Waals surface area contributed by atoms with E-state index in [1.165, 1.54) is 6.92 Å². The fourth-order valence-electron chi connectivity index (χ4n) is 8.01. The largest absolute Gasteiger partial charge is 0.505 e. The molecule has 0 aliphatic heterocycles. The summed E-state index contributed by atoms with van der Waals surface area (Å²) < 4.78 is 209. The summed E-state index contributed by atoms with van der Waals surface area (Å²) in [6, 6.07) is 9.35. The molecule has 0 radical (unpaired) electrons. The molecule has 89 heavy (non-hydrogen) atoms. The molecule has 45 heteroatoms. The molecule has 0 saturated heterocycles. The highest BCUT2D eigenvalue weighted by molar-refractivity contribution is 7.87. The number of nitrogens with zero attached hydrogens (tertiary/aromatic N) is 11. The first-order valence-electron chi connectivity index (χ1n) is 22.8. The minimum atomic E-state index is -5.62. The van der Waals surface area contributed by atoms with Gasteiger partial charge in [-0.15, -0.1) is 30.7 Å². The number of fused-ring (bicyclic) bond motifs is 2. The zero-order chi connectivity index (χ0) is 66.2. The fourth-order valence-corrected chi connectivity index (χ4v) is 11.8. The molecular weight excluding hydrogens is 1320 g/mol. The first-order valence-corrected chi connectivity index (χ1v) is 31.4. The number of aryl methyl sites for hydroxylation is 1. The minimum Gasteiger partial charge on any atom is -0.505 e. The molecule has 0 unspecified atom stereocenters. The normalized spacial score (nSPS) is 13.0. The van der Waals surface area contributed by atoms with Crippen molar-refractivity contribution in [3.8, 4) is 23.1 Å². The predicted octanol–water partition coefficient (Wildman–Crippen LogP) is 7.63. The number of hydrogen-bond donors (Lipinski definition) is 12. The van der Waals surface area contributed by atoms with Gasteiger partial charge in [-0.1, -0.05) is 0 Å². The first kappa shape index (κ1) is 64.7. The van der Waals surface area contributed by atoms with Crippen molar-refractivity contribution in [2.75, 3.05) is 5.73 Å². The highest BCUT2D eigenvalue weighted by atomic mass is 32.2. The van der Waals surface area contributed by atoms with Gasteiger partial charge >= 0.3 is 11.9 Å². The van der Waals surface area contributed by atoms with Crippen LogP contribution in [0.5, 0.6) is 17.4 Å². The standard InChI is InChI=1S/C44H30N12O27S6/c1-16-8-26(49-53-38-39(44(62)63)54-55(42(38)59)28-7-4-20(84(66,67)68)12-22(28)43(60)61)31(87(75,76)77)14-25(16)48-51-36-32(88(78,79)80)10-17-9-18(2-5-21(17)40(36)57)46-50-27-15-29(85(69,70)71)23-13-33(89(81,82)83)37(41(58)34(23)35(27)45)52-47-24-6-3-19(56(64)65)11-30(24)86(72,73)74/h2-15,57-59H,45H2,1H3,(H,60,61)(H,62,63)(H,66,67,68)(H,69,70,71)(H,72,73,74)(H,75,76,77)(H,78,79,80)(H,81,82,83)/b50-46?,51-48-,52-47-,53-49+. The van der Waals surface area contributed by atoms with E-state index in [9.17, 15) is 123 Å². The number of nitrogens with two attached hydrogens (primary N) is 1. The Bertz CT molecular complexity index is 5370. The van der Waals surface area contributed by atoms with Crippen LogP contribution in [0, 0.1) is 17.0 Å². The number of carboxylic acids is 2. The smallest absolute Gasteiger partial charge is 0.358 e. The van der Waals surface area contributed by atoms with Gasteiger partial charge in [-0.2, -0.15) is 70.5 Å². The lowest BCUT2D eigenvalue weighted by Crippen LogP contribution is -2.10. The number of carbonyl (C=O) groups is 2. The predicted molar refractivity (Wildman–Crippen MR) is 295 cm³/mol. The van der Waals surface area contributed by atoms with E-state index in [-0.39, 0.29) is 26.7 Å². The van der Waals surface area contributed by atoms with Gasteiger partial charge in [0.05, 0.1) is 43.5 Å². The molecule has 39 nitrogen and oxygen atoms in total. The van der Waals surface area contributed by atoms with Crippen molar-refractivity contribution in [2.45, 2.75) is 36.3 Å². The van der Waals surface area contributed by atoms with Crippen LogP contribution in [0.3, 0.4) is 0 Å². The lowest BCUT2D eigenvalue weighted by Gasteiger charge is -2.14. The van der Waals surface area contributed by atoms with E-state index in [0.717, 1.165) is 24.3 Å². The summed E-state index contributed by atoms with van der Waals surface area (Å²) in [5.41, 5.74) is -5.28. The van der Waals surface area contributed by atoms with Crippen molar-refractivity contribution in [2.24, 2.45) is 40.9 Å². The molecule has 0 aliphatic rings. The Balaban J connectivity index is 1.18. The van der Waals surface area contributed by atoms with Crippen LogP contribution in [0.2, 0.25) is 0 Å². The summed E-state index contributed by atoms with van der Waals surface area (Å²) in [6.45, 7) is 1.18. The molecule has 0 fully saturated rings. The van der Waals surface area contributed by atoms with E-state index in [4.69, 9.17) is 5.73 Å². The van der Waals surface area contributed by atoms with Crippen LogP contribution in [0.1, 0.15) is 26.4 Å². The van der Waals surface area contributed by atoms with Gasteiger partial charge in [-0.3, -0.25) is 37.4 Å². The summed E-state index contributed by atoms with van der Waals surface area (Å²) in [5, 5.41) is 95.0. The molecule has 13 N–H and O–H groups in total. The maximum absolute atomic E-state index is 12.8. The maximum Gasteiger partial charge on any atom is 0.358 e. The number of hydrogen-bond acceptors (Lipinski definition) is 29. The number of anilines is 1. The molecule has 0 saturated carbocycles. The second-order valence-electron chi connectivity index (χ2n) is 17.7. The molecule has 0 spiro atoms. The van der Waals surface area contributed by atoms with E-state index in [1.807, 2.05) is 0 Å². The quantitative estimate of drug-likeness (QED) is 0.0129. The van der Waals surface area contributed by atoms with Crippen molar-refractivity contribution < 1.29 is 118 Å². The van der Waals surface area contributed by atoms with E-state index in [1.54, 1.807) is 0 Å². The Morgan fingerprint density at radius 2 is 1.04 bits per heavy atom. The van der Waals surface area contributed by atoms with Crippen LogP contribution in [-0.2, 0) is 60.7 Å². The number of nitro benzene ring substituents is 1. The first-order chi connectivity index (χ1) is 41.0. The highest BCUT2D eigenvalue weighted by Gasteiger charge is 2.32. The van der Waals surface area contributed by atoms with Crippen molar-refractivity contribution in [3.05, 3.63) is 112 Å². The number of benzene rings is 7. The average Bonchev–Trinajstić information content (AvgIpc) is 1.18. The maximum atomic E-state index is 12.8. The number of nitro groups is 1. The third kappa shape index (κ3) is 13.0. The molecule has 464 valence electrons. The molecule has 0 atom stereocenters. The summed E-state index contributed by atoms with van der Waals surface area (Å²) in [6.07, 6.45) is 0. The van der Waals surface area contributed by atoms with Gasteiger partial charge < -0.3 is 31.3 Å². The molecule has 8 rings (SSSR count). The highest BCUT2D eigenvalue weighted by Crippen LogP contribution is 2.50. The Labute approximate surface area is 494 Å². The number of nitrogen functional groups attached to an aromatic ring is 1. The summed E-state index contributed by atoms with van der Waals surface area (Å²) >= 11 is 0. The van der Waals surface area contributed by atoms with Gasteiger partial charge in [0.15, 0.2) is 17.2 Å². The lowest BCUT2D eigenvalue weighted by atomic mass is 10.0. The number of non-ortho nitro benzene ring substituents is 1. The molecule has 8 aromatic rings. The van der Waals surface area contributed by atoms with Crippen molar-refractivity contribution in [3.63, 3.8) is 0 Å². The molecule has 7 aromatic carbocycles. The van der Waals surface area contributed by atoms with Crippen LogP contribution in [0.4, 0.5) is 56.9 Å². The minimum absolute atomic E-state index is 0.168. The SMILES string of the molecule is Cc1cc(/N=N/c2c(C(=O)O)nn(-c3ccc(S(=O)(=O)O)cc3C(=O)O)c2O)c(S(=O)(=O)O)cc1/N=N\c1c(S(=O)(=O)O)cc2cc(N=Nc3cc(S(=O)(=O)O)c4cc(S(=O)(=O)O)c(/N=N\c5ccc([N+](=O)[O-])cc5S(=O)(=O)O)c(O)c4c3N)ccc2c1O. The van der Waals surface area contributed by atoms with Gasteiger partial charge in [0, 0.05) is 22.9 Å². The van der Waals surface area contributed by atoms with Crippen LogP contribution in [0.15, 0.2) is 155 Å². The van der Waals surface area contributed by atoms with Crippen molar-refractivity contribution in [1.82, 2.24) is 9.78 Å². The monoisotopic (exact) mass is 1350 g/mol. The number of aromatic carboxylic acids is 2. The third-order valence-electron chi connectivity index (χ3n) is 12.0.